The van der Waals surface area contributed by atoms with Crippen LogP contribution in [0.25, 0.3) is 0 Å². The molecular weight excluding hydrogens is 302 g/mol. The van der Waals surface area contributed by atoms with Crippen LogP contribution >= 0.6 is 28.1 Å². The fraction of sp³-hybridized carbons (Fsp3) is 0.556. The third kappa shape index (κ3) is 4.23. The maximum Gasteiger partial charge on any atom is 0.261 e. The summed E-state index contributed by atoms with van der Waals surface area (Å²) < 4.78 is 29.5. The monoisotopic (exact) mass is 312 g/mol. The number of hydrogen-bond acceptors (Lipinski definition) is 3. The van der Waals surface area contributed by atoms with E-state index in [9.17, 15) is 8.78 Å². The molecule has 0 unspecified atom stereocenters. The lowest BCUT2D eigenvalue weighted by atomic mass is 10.4. The zero-order valence-electron chi connectivity index (χ0n) is 8.60. The second kappa shape index (κ2) is 6.36. The van der Waals surface area contributed by atoms with Crippen LogP contribution in [0.1, 0.15) is 11.5 Å². The Kier molecular flexibility index (Phi) is 5.43. The molecule has 1 rings (SSSR count). The second-order valence-corrected chi connectivity index (χ2v) is 4.32. The van der Waals surface area contributed by atoms with Crippen molar-refractivity contribution >= 4 is 28.1 Å². The van der Waals surface area contributed by atoms with Gasteiger partial charge in [-0.15, -0.1) is 0 Å². The summed E-state index contributed by atoms with van der Waals surface area (Å²) >= 11 is 8.30. The van der Waals surface area contributed by atoms with Gasteiger partial charge in [-0.05, 0) is 22.9 Å². The minimum atomic E-state index is -2.43. The molecule has 0 radical (unpaired) electrons. The van der Waals surface area contributed by atoms with Gasteiger partial charge in [-0.2, -0.15) is 0 Å². The maximum atomic E-state index is 11.8. The van der Waals surface area contributed by atoms with E-state index in [0.717, 1.165) is 10.2 Å². The Morgan fingerprint density at radius 3 is 2.81 bits per heavy atom. The second-order valence-electron chi connectivity index (χ2n) is 3.14. The first-order valence-electron chi connectivity index (χ1n) is 4.62. The molecule has 0 aliphatic heterocycles. The molecule has 0 saturated heterocycles. The number of alkyl halides is 2. The van der Waals surface area contributed by atoms with Gasteiger partial charge < -0.3 is 9.72 Å². The van der Waals surface area contributed by atoms with E-state index in [1.165, 1.54) is 0 Å². The lowest BCUT2D eigenvalue weighted by Crippen LogP contribution is -2.09. The summed E-state index contributed by atoms with van der Waals surface area (Å²) in [6, 6.07) is 0. The number of aromatic amines is 1. The highest BCUT2D eigenvalue weighted by atomic mass is 79.9. The summed E-state index contributed by atoms with van der Waals surface area (Å²) in [5, 5.41) is 0. The molecule has 1 heterocycles. The van der Waals surface area contributed by atoms with Crippen LogP contribution in [0.5, 0.6) is 0 Å². The van der Waals surface area contributed by atoms with Gasteiger partial charge >= 0.3 is 0 Å². The van der Waals surface area contributed by atoms with E-state index in [2.05, 4.69) is 25.9 Å². The highest BCUT2D eigenvalue weighted by Crippen LogP contribution is 2.14. The van der Waals surface area contributed by atoms with E-state index < -0.39 is 13.0 Å². The first-order chi connectivity index (χ1) is 7.50. The summed E-state index contributed by atoms with van der Waals surface area (Å²) in [6.07, 6.45) is -2.00. The Bertz CT molecular complexity index is 411. The average molecular weight is 313 g/mol. The first kappa shape index (κ1) is 13.7. The first-order valence-corrected chi connectivity index (χ1v) is 5.82. The molecule has 0 aliphatic carbocycles. The third-order valence-electron chi connectivity index (χ3n) is 1.81. The fourth-order valence-electron chi connectivity index (χ4n) is 1.09. The normalized spacial score (nSPS) is 11.1. The van der Waals surface area contributed by atoms with Crippen LogP contribution in [0.3, 0.4) is 0 Å². The van der Waals surface area contributed by atoms with Crippen molar-refractivity contribution in [3.05, 3.63) is 20.6 Å². The number of nitrogens with zero attached hydrogens (tertiary/aromatic N) is 1. The number of ether oxygens (including phenoxy) is 1. The Balaban J connectivity index is 2.52. The molecule has 7 heteroatoms. The van der Waals surface area contributed by atoms with Crippen molar-refractivity contribution in [2.75, 3.05) is 13.2 Å². The van der Waals surface area contributed by atoms with Gasteiger partial charge in [-0.3, -0.25) is 0 Å². The molecule has 1 N–H and O–H groups in total. The number of nitrogens with one attached hydrogen (secondary N) is 1. The number of halogens is 3. The molecular formula is C9H11BrF2N2OS. The van der Waals surface area contributed by atoms with Crippen molar-refractivity contribution in [2.45, 2.75) is 19.8 Å². The Hall–Kier alpha value is -0.400. The van der Waals surface area contributed by atoms with Crippen LogP contribution in [0.15, 0.2) is 4.47 Å². The Labute approximate surface area is 105 Å². The lowest BCUT2D eigenvalue weighted by Gasteiger charge is -2.05. The molecule has 0 fully saturated rings. The van der Waals surface area contributed by atoms with Gasteiger partial charge in [0.1, 0.15) is 17.1 Å². The quantitative estimate of drug-likeness (QED) is 0.671. The van der Waals surface area contributed by atoms with E-state index >= 15 is 0 Å². The van der Waals surface area contributed by atoms with Crippen molar-refractivity contribution < 1.29 is 13.5 Å². The van der Waals surface area contributed by atoms with Crippen molar-refractivity contribution in [2.24, 2.45) is 0 Å². The smallest absolute Gasteiger partial charge is 0.261 e. The number of aryl methyl sites for hydroxylation is 1. The average Bonchev–Trinajstić information content (AvgIpc) is 2.20. The van der Waals surface area contributed by atoms with Crippen LogP contribution in [0.2, 0.25) is 0 Å². The zero-order valence-corrected chi connectivity index (χ0v) is 11.0. The van der Waals surface area contributed by atoms with Gasteiger partial charge in [-0.1, -0.05) is 12.2 Å². The van der Waals surface area contributed by atoms with Gasteiger partial charge in [0.05, 0.1) is 11.1 Å². The SMILES string of the molecule is Cc1[nH]c(CCOCC(F)F)nc(=S)c1Br. The molecule has 0 saturated carbocycles. The molecule has 90 valence electrons. The highest BCUT2D eigenvalue weighted by Gasteiger charge is 2.04. The fourth-order valence-corrected chi connectivity index (χ4v) is 1.54. The van der Waals surface area contributed by atoms with Crippen molar-refractivity contribution in [3.8, 4) is 0 Å². The molecule has 16 heavy (non-hydrogen) atoms. The summed E-state index contributed by atoms with van der Waals surface area (Å²) in [6.45, 7) is 1.50. The molecule has 1 aromatic heterocycles. The summed E-state index contributed by atoms with van der Waals surface area (Å²) in [5.74, 6) is 0.639. The predicted octanol–water partition coefficient (Wildman–Crippen LogP) is 3.03. The number of aromatic nitrogens is 2. The van der Waals surface area contributed by atoms with Crippen LogP contribution < -0.4 is 0 Å². The lowest BCUT2D eigenvalue weighted by molar-refractivity contribution is 0.0182. The molecule has 0 spiro atoms. The van der Waals surface area contributed by atoms with E-state index in [4.69, 9.17) is 17.0 Å². The molecule has 1 aromatic rings. The van der Waals surface area contributed by atoms with Crippen LogP contribution in [0, 0.1) is 11.6 Å². The standard InChI is InChI=1S/C9H11BrF2N2OS/c1-5-8(10)9(16)14-7(13-5)2-3-15-4-6(11)12/h6H,2-4H2,1H3,(H,13,14,16). The summed E-state index contributed by atoms with van der Waals surface area (Å²) in [5.41, 5.74) is 0.865. The van der Waals surface area contributed by atoms with E-state index in [1.807, 2.05) is 6.92 Å². The van der Waals surface area contributed by atoms with Gasteiger partial charge in [0.15, 0.2) is 0 Å². The number of hydrogen-bond donors (Lipinski definition) is 1. The van der Waals surface area contributed by atoms with E-state index in [0.29, 0.717) is 16.9 Å². The van der Waals surface area contributed by atoms with Gasteiger partial charge in [0.2, 0.25) is 0 Å². The van der Waals surface area contributed by atoms with Gasteiger partial charge in [0, 0.05) is 12.1 Å². The molecule has 0 amide bonds. The van der Waals surface area contributed by atoms with Gasteiger partial charge in [-0.25, -0.2) is 13.8 Å². The number of H-pyrrole nitrogens is 1. The Morgan fingerprint density at radius 2 is 2.25 bits per heavy atom. The molecule has 0 bridgehead atoms. The van der Waals surface area contributed by atoms with Crippen LogP contribution in [-0.4, -0.2) is 29.6 Å². The maximum absolute atomic E-state index is 11.8. The van der Waals surface area contributed by atoms with E-state index in [-0.39, 0.29) is 6.61 Å². The van der Waals surface area contributed by atoms with Crippen molar-refractivity contribution in [1.29, 1.82) is 0 Å². The van der Waals surface area contributed by atoms with Crippen molar-refractivity contribution in [1.82, 2.24) is 9.97 Å². The van der Waals surface area contributed by atoms with Gasteiger partial charge in [0.25, 0.3) is 6.43 Å². The minimum Gasteiger partial charge on any atom is -0.375 e. The number of rotatable bonds is 5. The van der Waals surface area contributed by atoms with Crippen LogP contribution in [-0.2, 0) is 11.2 Å². The third-order valence-corrected chi connectivity index (χ3v) is 3.34. The largest absolute Gasteiger partial charge is 0.375 e. The van der Waals surface area contributed by atoms with E-state index in [1.54, 1.807) is 0 Å². The predicted molar refractivity (Wildman–Crippen MR) is 62.4 cm³/mol. The summed E-state index contributed by atoms with van der Waals surface area (Å²) in [4.78, 5) is 7.11. The Morgan fingerprint density at radius 1 is 1.56 bits per heavy atom. The molecule has 3 nitrogen and oxygen atoms in total. The minimum absolute atomic E-state index is 0.198. The van der Waals surface area contributed by atoms with Crippen LogP contribution in [0.4, 0.5) is 8.78 Å². The summed E-state index contributed by atoms with van der Waals surface area (Å²) in [7, 11) is 0. The topological polar surface area (TPSA) is 37.9 Å². The molecule has 0 aromatic carbocycles. The zero-order chi connectivity index (χ0) is 12.1. The molecule has 0 atom stereocenters. The van der Waals surface area contributed by atoms with Crippen molar-refractivity contribution in [3.63, 3.8) is 0 Å². The highest BCUT2D eigenvalue weighted by molar-refractivity contribution is 9.10. The molecule has 0 aliphatic rings.